The van der Waals surface area contributed by atoms with E-state index in [4.69, 9.17) is 16.7 Å². The van der Waals surface area contributed by atoms with Crippen molar-refractivity contribution in [1.29, 1.82) is 0 Å². The molecule has 0 amide bonds. The zero-order valence-electron chi connectivity index (χ0n) is 7.39. The normalized spacial score (nSPS) is 30.1. The number of hydrogen-bond donors (Lipinski definition) is 2. The fourth-order valence-electron chi connectivity index (χ4n) is 1.38. The van der Waals surface area contributed by atoms with E-state index in [0.29, 0.717) is 5.92 Å². The van der Waals surface area contributed by atoms with Crippen LogP contribution in [0.4, 0.5) is 0 Å². The van der Waals surface area contributed by atoms with Crippen LogP contribution in [-0.4, -0.2) is 24.3 Å². The molecule has 0 unspecified atom stereocenters. The van der Waals surface area contributed by atoms with Crippen LogP contribution in [0.5, 0.6) is 0 Å². The molecule has 0 radical (unpaired) electrons. The van der Waals surface area contributed by atoms with Crippen molar-refractivity contribution in [3.05, 3.63) is 11.1 Å². The number of aliphatic hydroxyl groups excluding tert-OH is 1. The molecule has 1 rings (SSSR count). The summed E-state index contributed by atoms with van der Waals surface area (Å²) in [5.74, 6) is 0.670. The van der Waals surface area contributed by atoms with E-state index in [9.17, 15) is 0 Å². The predicted octanol–water partition coefficient (Wildman–Crippen LogP) is 1.49. The standard InChI is InChI=1S/C9H16ClNO/c1-7(4-10)5-11-6-8-2-9(12)3-8/h4,8-9,11-12H,2-3,5-6H2,1H3. The van der Waals surface area contributed by atoms with E-state index in [1.54, 1.807) is 5.54 Å². The van der Waals surface area contributed by atoms with E-state index < -0.39 is 0 Å². The first-order valence-corrected chi connectivity index (χ1v) is 4.80. The number of nitrogens with one attached hydrogen (secondary N) is 1. The number of hydrogen-bond acceptors (Lipinski definition) is 2. The first-order chi connectivity index (χ1) is 5.72. The number of halogens is 1. The van der Waals surface area contributed by atoms with E-state index in [1.165, 1.54) is 0 Å². The molecule has 12 heavy (non-hydrogen) atoms. The summed E-state index contributed by atoms with van der Waals surface area (Å²) >= 11 is 5.50. The van der Waals surface area contributed by atoms with Gasteiger partial charge in [-0.15, -0.1) is 0 Å². The van der Waals surface area contributed by atoms with Crippen LogP contribution < -0.4 is 5.32 Å². The fourth-order valence-corrected chi connectivity index (χ4v) is 1.46. The number of rotatable bonds is 4. The minimum atomic E-state index is -0.0403. The highest BCUT2D eigenvalue weighted by Crippen LogP contribution is 2.25. The molecule has 2 nitrogen and oxygen atoms in total. The van der Waals surface area contributed by atoms with Crippen molar-refractivity contribution in [2.75, 3.05) is 13.1 Å². The smallest absolute Gasteiger partial charge is 0.0546 e. The summed E-state index contributed by atoms with van der Waals surface area (Å²) < 4.78 is 0. The molecule has 0 aromatic heterocycles. The van der Waals surface area contributed by atoms with Gasteiger partial charge in [0.25, 0.3) is 0 Å². The zero-order chi connectivity index (χ0) is 8.97. The van der Waals surface area contributed by atoms with Crippen LogP contribution in [0.25, 0.3) is 0 Å². The minimum absolute atomic E-state index is 0.0403. The zero-order valence-corrected chi connectivity index (χ0v) is 8.14. The van der Waals surface area contributed by atoms with Gasteiger partial charge in [-0.05, 0) is 37.8 Å². The molecule has 0 atom stereocenters. The molecule has 0 aromatic rings. The lowest BCUT2D eigenvalue weighted by atomic mass is 9.82. The van der Waals surface area contributed by atoms with E-state index in [1.807, 2.05) is 6.92 Å². The Kier molecular flexibility index (Phi) is 4.06. The first kappa shape index (κ1) is 10.0. The Morgan fingerprint density at radius 2 is 2.33 bits per heavy atom. The SMILES string of the molecule is CC(=CCl)CNCC1CC(O)C1. The number of aliphatic hydroxyl groups is 1. The molecule has 0 aromatic carbocycles. The van der Waals surface area contributed by atoms with Crippen LogP contribution in [0.2, 0.25) is 0 Å². The minimum Gasteiger partial charge on any atom is -0.393 e. The summed E-state index contributed by atoms with van der Waals surface area (Å²) in [4.78, 5) is 0. The highest BCUT2D eigenvalue weighted by molar-refractivity contribution is 6.25. The molecule has 0 bridgehead atoms. The maximum atomic E-state index is 9.01. The van der Waals surface area contributed by atoms with Crippen molar-refractivity contribution in [2.24, 2.45) is 5.92 Å². The average Bonchev–Trinajstić information content (AvgIpc) is 2.01. The summed E-state index contributed by atoms with van der Waals surface area (Å²) in [5.41, 5.74) is 2.75. The summed E-state index contributed by atoms with van der Waals surface area (Å²) in [7, 11) is 0. The van der Waals surface area contributed by atoms with Crippen molar-refractivity contribution in [3.8, 4) is 0 Å². The molecule has 0 spiro atoms. The molecule has 0 saturated heterocycles. The van der Waals surface area contributed by atoms with Gasteiger partial charge in [0.1, 0.15) is 0 Å². The van der Waals surface area contributed by atoms with Gasteiger partial charge in [-0.1, -0.05) is 11.6 Å². The predicted molar refractivity (Wildman–Crippen MR) is 51.2 cm³/mol. The second-order valence-corrected chi connectivity index (χ2v) is 3.80. The Labute approximate surface area is 78.6 Å². The Morgan fingerprint density at radius 3 is 2.83 bits per heavy atom. The third-order valence-corrected chi connectivity index (χ3v) is 2.61. The third-order valence-electron chi connectivity index (χ3n) is 2.23. The largest absolute Gasteiger partial charge is 0.393 e. The molecule has 1 fully saturated rings. The van der Waals surface area contributed by atoms with Crippen molar-refractivity contribution in [1.82, 2.24) is 5.32 Å². The maximum absolute atomic E-state index is 9.01. The quantitative estimate of drug-likeness (QED) is 0.703. The molecule has 0 aliphatic heterocycles. The monoisotopic (exact) mass is 189 g/mol. The van der Waals surface area contributed by atoms with Crippen molar-refractivity contribution >= 4 is 11.6 Å². The van der Waals surface area contributed by atoms with E-state index in [-0.39, 0.29) is 6.10 Å². The lowest BCUT2D eigenvalue weighted by molar-refractivity contribution is 0.0434. The van der Waals surface area contributed by atoms with Gasteiger partial charge in [-0.2, -0.15) is 0 Å². The van der Waals surface area contributed by atoms with Gasteiger partial charge in [0.05, 0.1) is 6.10 Å². The molecule has 1 aliphatic rings. The maximum Gasteiger partial charge on any atom is 0.0546 e. The Balaban J connectivity index is 1.96. The van der Waals surface area contributed by atoms with Gasteiger partial charge >= 0.3 is 0 Å². The highest BCUT2D eigenvalue weighted by atomic mass is 35.5. The van der Waals surface area contributed by atoms with Crippen LogP contribution >= 0.6 is 11.6 Å². The molecule has 70 valence electrons. The van der Waals surface area contributed by atoms with Crippen LogP contribution in [0.1, 0.15) is 19.8 Å². The van der Waals surface area contributed by atoms with Crippen LogP contribution in [0.15, 0.2) is 11.1 Å². The topological polar surface area (TPSA) is 32.3 Å². The second-order valence-electron chi connectivity index (χ2n) is 3.58. The molecule has 1 saturated carbocycles. The molecular formula is C9H16ClNO. The molecule has 1 aliphatic carbocycles. The van der Waals surface area contributed by atoms with Crippen LogP contribution in [-0.2, 0) is 0 Å². The average molecular weight is 190 g/mol. The Hall–Kier alpha value is -0.0500. The fraction of sp³-hybridized carbons (Fsp3) is 0.778. The van der Waals surface area contributed by atoms with Gasteiger partial charge < -0.3 is 10.4 Å². The lowest BCUT2D eigenvalue weighted by Gasteiger charge is -2.31. The van der Waals surface area contributed by atoms with E-state index >= 15 is 0 Å². The molecular weight excluding hydrogens is 174 g/mol. The van der Waals surface area contributed by atoms with Gasteiger partial charge in [-0.3, -0.25) is 0 Å². The van der Waals surface area contributed by atoms with Crippen molar-refractivity contribution in [2.45, 2.75) is 25.9 Å². The van der Waals surface area contributed by atoms with Gasteiger partial charge in [-0.25, -0.2) is 0 Å². The lowest BCUT2D eigenvalue weighted by Crippen LogP contribution is -2.36. The van der Waals surface area contributed by atoms with Crippen molar-refractivity contribution in [3.63, 3.8) is 0 Å². The van der Waals surface area contributed by atoms with Gasteiger partial charge in [0.2, 0.25) is 0 Å². The van der Waals surface area contributed by atoms with Crippen LogP contribution in [0.3, 0.4) is 0 Å². The molecule has 2 N–H and O–H groups in total. The van der Waals surface area contributed by atoms with Crippen LogP contribution in [0, 0.1) is 5.92 Å². The molecule has 3 heteroatoms. The third kappa shape index (κ3) is 3.13. The first-order valence-electron chi connectivity index (χ1n) is 4.37. The Morgan fingerprint density at radius 1 is 1.67 bits per heavy atom. The summed E-state index contributed by atoms with van der Waals surface area (Å²) in [6, 6.07) is 0. The highest BCUT2D eigenvalue weighted by Gasteiger charge is 2.26. The van der Waals surface area contributed by atoms with Gasteiger partial charge in [0.15, 0.2) is 0 Å². The Bertz CT molecular complexity index is 164. The van der Waals surface area contributed by atoms with Crippen molar-refractivity contribution < 1.29 is 5.11 Å². The summed E-state index contributed by atoms with van der Waals surface area (Å²) in [6.45, 7) is 3.85. The summed E-state index contributed by atoms with van der Waals surface area (Å²) in [5, 5.41) is 12.3. The van der Waals surface area contributed by atoms with E-state index in [2.05, 4.69) is 5.32 Å². The van der Waals surface area contributed by atoms with Gasteiger partial charge in [0, 0.05) is 12.1 Å². The summed E-state index contributed by atoms with van der Waals surface area (Å²) in [6.07, 6.45) is 1.87. The molecule has 0 heterocycles. The van der Waals surface area contributed by atoms with E-state index in [0.717, 1.165) is 31.5 Å². The second kappa shape index (κ2) is 4.85.